The molecule has 0 fully saturated rings. The summed E-state index contributed by atoms with van der Waals surface area (Å²) in [6.45, 7) is 4.21. The predicted molar refractivity (Wildman–Crippen MR) is 68.4 cm³/mol. The van der Waals surface area contributed by atoms with E-state index >= 15 is 0 Å². The van der Waals surface area contributed by atoms with Gasteiger partial charge in [0.25, 0.3) is 0 Å². The molecule has 6 nitrogen and oxygen atoms in total. The molecule has 18 heavy (non-hydrogen) atoms. The van der Waals surface area contributed by atoms with Crippen molar-refractivity contribution >= 4 is 12.0 Å². The average molecular weight is 260 g/mol. The smallest absolute Gasteiger partial charge is 0.326 e. The molecule has 0 aliphatic heterocycles. The molecule has 0 aliphatic carbocycles. The number of hydrogen-bond donors (Lipinski definition) is 3. The molecule has 3 N–H and O–H groups in total. The zero-order valence-electron chi connectivity index (χ0n) is 11.3. The summed E-state index contributed by atoms with van der Waals surface area (Å²) in [6, 6.07) is -1.24. The maximum atomic E-state index is 11.7. The number of urea groups is 1. The summed E-state index contributed by atoms with van der Waals surface area (Å²) in [5, 5.41) is 20.1. The van der Waals surface area contributed by atoms with Gasteiger partial charge < -0.3 is 20.4 Å². The largest absolute Gasteiger partial charge is 0.480 e. The summed E-state index contributed by atoms with van der Waals surface area (Å²) in [5.74, 6) is -1.18. The van der Waals surface area contributed by atoms with Crippen LogP contribution in [0.4, 0.5) is 4.79 Å². The fourth-order valence-electron chi connectivity index (χ4n) is 1.50. The first kappa shape index (κ1) is 16.7. The van der Waals surface area contributed by atoms with Crippen molar-refractivity contribution in [2.45, 2.75) is 39.2 Å². The topological polar surface area (TPSA) is 89.9 Å². The van der Waals surface area contributed by atoms with E-state index in [0.717, 1.165) is 19.3 Å². The third kappa shape index (κ3) is 6.44. The van der Waals surface area contributed by atoms with Crippen molar-refractivity contribution in [1.82, 2.24) is 10.2 Å². The van der Waals surface area contributed by atoms with Crippen LogP contribution in [-0.4, -0.2) is 53.4 Å². The Morgan fingerprint density at radius 2 is 1.83 bits per heavy atom. The fraction of sp³-hybridized carbons (Fsp3) is 0.833. The SMILES string of the molecule is CC(C)[C@@H](NC(=O)N(C)CCCCCO)C(=O)O. The summed E-state index contributed by atoms with van der Waals surface area (Å²) >= 11 is 0. The van der Waals surface area contributed by atoms with Crippen molar-refractivity contribution in [3.8, 4) is 0 Å². The number of amides is 2. The molecule has 0 aromatic carbocycles. The van der Waals surface area contributed by atoms with Crippen LogP contribution >= 0.6 is 0 Å². The molecule has 0 aliphatic rings. The minimum absolute atomic E-state index is 0.157. The number of hydrogen-bond acceptors (Lipinski definition) is 3. The molecule has 0 spiro atoms. The van der Waals surface area contributed by atoms with Gasteiger partial charge in [0.1, 0.15) is 6.04 Å². The van der Waals surface area contributed by atoms with Crippen molar-refractivity contribution in [3.63, 3.8) is 0 Å². The molecule has 2 amide bonds. The molecule has 0 heterocycles. The first-order chi connectivity index (χ1) is 8.40. The molecule has 0 unspecified atom stereocenters. The van der Waals surface area contributed by atoms with E-state index in [0.29, 0.717) is 6.54 Å². The van der Waals surface area contributed by atoms with E-state index in [1.54, 1.807) is 20.9 Å². The van der Waals surface area contributed by atoms with Gasteiger partial charge in [0.2, 0.25) is 0 Å². The second-order valence-electron chi connectivity index (χ2n) is 4.72. The van der Waals surface area contributed by atoms with Crippen molar-refractivity contribution in [1.29, 1.82) is 0 Å². The molecule has 0 saturated carbocycles. The monoisotopic (exact) mass is 260 g/mol. The Labute approximate surface area is 108 Å². The van der Waals surface area contributed by atoms with E-state index in [1.807, 2.05) is 0 Å². The molecule has 0 radical (unpaired) electrons. The Morgan fingerprint density at radius 1 is 1.22 bits per heavy atom. The van der Waals surface area contributed by atoms with E-state index in [1.165, 1.54) is 4.90 Å². The van der Waals surface area contributed by atoms with Crippen LogP contribution in [0.5, 0.6) is 0 Å². The summed E-state index contributed by atoms with van der Waals surface area (Å²) < 4.78 is 0. The zero-order valence-corrected chi connectivity index (χ0v) is 11.3. The van der Waals surface area contributed by atoms with E-state index in [-0.39, 0.29) is 18.6 Å². The highest BCUT2D eigenvalue weighted by molar-refractivity contribution is 5.82. The number of aliphatic carboxylic acids is 1. The molecule has 0 bridgehead atoms. The summed E-state index contributed by atoms with van der Waals surface area (Å²) in [4.78, 5) is 24.1. The zero-order chi connectivity index (χ0) is 14.1. The Kier molecular flexibility index (Phi) is 8.11. The van der Waals surface area contributed by atoms with Gasteiger partial charge in [-0.2, -0.15) is 0 Å². The number of aliphatic hydroxyl groups is 1. The van der Waals surface area contributed by atoms with Crippen LogP contribution in [0.1, 0.15) is 33.1 Å². The Morgan fingerprint density at radius 3 is 2.28 bits per heavy atom. The third-order valence-corrected chi connectivity index (χ3v) is 2.71. The van der Waals surface area contributed by atoms with Crippen LogP contribution in [0.15, 0.2) is 0 Å². The van der Waals surface area contributed by atoms with Crippen LogP contribution in [0.2, 0.25) is 0 Å². The van der Waals surface area contributed by atoms with Crippen LogP contribution in [0, 0.1) is 5.92 Å². The molecule has 0 aromatic heterocycles. The minimum atomic E-state index is -1.02. The number of carbonyl (C=O) groups excluding carboxylic acids is 1. The van der Waals surface area contributed by atoms with Gasteiger partial charge in [-0.15, -0.1) is 0 Å². The van der Waals surface area contributed by atoms with Gasteiger partial charge in [-0.1, -0.05) is 13.8 Å². The lowest BCUT2D eigenvalue weighted by molar-refractivity contribution is -0.140. The van der Waals surface area contributed by atoms with E-state index in [9.17, 15) is 9.59 Å². The third-order valence-electron chi connectivity index (χ3n) is 2.71. The number of rotatable bonds is 8. The number of nitrogens with one attached hydrogen (secondary N) is 1. The molecule has 1 atom stereocenters. The Balaban J connectivity index is 4.09. The molecular weight excluding hydrogens is 236 g/mol. The number of aliphatic hydroxyl groups excluding tert-OH is 1. The average Bonchev–Trinajstić information content (AvgIpc) is 2.30. The van der Waals surface area contributed by atoms with Gasteiger partial charge in [0.05, 0.1) is 0 Å². The van der Waals surface area contributed by atoms with Crippen LogP contribution in [-0.2, 0) is 4.79 Å². The van der Waals surface area contributed by atoms with E-state index in [2.05, 4.69) is 5.32 Å². The summed E-state index contributed by atoms with van der Waals surface area (Å²) in [5.41, 5.74) is 0. The lowest BCUT2D eigenvalue weighted by Gasteiger charge is -2.23. The van der Waals surface area contributed by atoms with Crippen molar-refractivity contribution < 1.29 is 19.8 Å². The van der Waals surface area contributed by atoms with Crippen molar-refractivity contribution in [2.75, 3.05) is 20.2 Å². The van der Waals surface area contributed by atoms with Gasteiger partial charge in [-0.3, -0.25) is 0 Å². The van der Waals surface area contributed by atoms with Crippen LogP contribution < -0.4 is 5.32 Å². The fourth-order valence-corrected chi connectivity index (χ4v) is 1.50. The van der Waals surface area contributed by atoms with Gasteiger partial charge in [-0.05, 0) is 25.2 Å². The van der Waals surface area contributed by atoms with E-state index < -0.39 is 12.0 Å². The second-order valence-corrected chi connectivity index (χ2v) is 4.72. The standard InChI is InChI=1S/C12H24N2O4/c1-9(2)10(11(16)17)13-12(18)14(3)7-5-4-6-8-15/h9-10,15H,4-8H2,1-3H3,(H,13,18)(H,16,17)/t10-/m1/s1. The van der Waals surface area contributed by atoms with Gasteiger partial charge in [0.15, 0.2) is 0 Å². The summed E-state index contributed by atoms with van der Waals surface area (Å²) in [6.07, 6.45) is 2.36. The Bertz CT molecular complexity index is 269. The molecule has 0 rings (SSSR count). The number of carboxylic acid groups (broad SMARTS) is 1. The highest BCUT2D eigenvalue weighted by Gasteiger charge is 2.24. The molecule has 106 valence electrons. The predicted octanol–water partition coefficient (Wildman–Crippen LogP) is 0.900. The maximum Gasteiger partial charge on any atom is 0.326 e. The van der Waals surface area contributed by atoms with E-state index in [4.69, 9.17) is 10.2 Å². The quantitative estimate of drug-likeness (QED) is 0.566. The normalized spacial score (nSPS) is 12.3. The van der Waals surface area contributed by atoms with Crippen LogP contribution in [0.25, 0.3) is 0 Å². The molecule has 6 heteroatoms. The molecular formula is C12H24N2O4. The molecule has 0 saturated heterocycles. The summed E-state index contributed by atoms with van der Waals surface area (Å²) in [7, 11) is 1.63. The maximum absolute atomic E-state index is 11.7. The molecule has 0 aromatic rings. The van der Waals surface area contributed by atoms with Crippen LogP contribution in [0.3, 0.4) is 0 Å². The highest BCUT2D eigenvalue weighted by atomic mass is 16.4. The second kappa shape index (κ2) is 8.74. The van der Waals surface area contributed by atoms with Gasteiger partial charge in [0, 0.05) is 20.2 Å². The lowest BCUT2D eigenvalue weighted by atomic mass is 10.1. The highest BCUT2D eigenvalue weighted by Crippen LogP contribution is 2.03. The number of nitrogens with zero attached hydrogens (tertiary/aromatic N) is 1. The minimum Gasteiger partial charge on any atom is -0.480 e. The number of carbonyl (C=O) groups is 2. The Hall–Kier alpha value is -1.30. The van der Waals surface area contributed by atoms with Crippen molar-refractivity contribution in [2.24, 2.45) is 5.92 Å². The number of carboxylic acids is 1. The van der Waals surface area contributed by atoms with Gasteiger partial charge >= 0.3 is 12.0 Å². The lowest BCUT2D eigenvalue weighted by Crippen LogP contribution is -2.49. The first-order valence-corrected chi connectivity index (χ1v) is 6.25. The van der Waals surface area contributed by atoms with Gasteiger partial charge in [-0.25, -0.2) is 9.59 Å². The van der Waals surface area contributed by atoms with Crippen molar-refractivity contribution in [3.05, 3.63) is 0 Å². The number of unbranched alkanes of at least 4 members (excludes halogenated alkanes) is 2. The first-order valence-electron chi connectivity index (χ1n) is 6.25.